The summed E-state index contributed by atoms with van der Waals surface area (Å²) in [6.45, 7) is 4.66. The first-order valence-electron chi connectivity index (χ1n) is 7.98. The number of nitrogens with zero attached hydrogens (tertiary/aromatic N) is 2. The number of methoxy groups -OCH3 is 1. The Hall–Kier alpha value is -2.18. The van der Waals surface area contributed by atoms with Crippen LogP contribution < -0.4 is 5.32 Å². The van der Waals surface area contributed by atoms with Crippen molar-refractivity contribution in [3.63, 3.8) is 0 Å². The van der Waals surface area contributed by atoms with E-state index in [4.69, 9.17) is 4.74 Å². The van der Waals surface area contributed by atoms with Gasteiger partial charge < -0.3 is 15.2 Å². The van der Waals surface area contributed by atoms with Crippen molar-refractivity contribution in [3.8, 4) is 0 Å². The molecule has 0 aliphatic rings. The molecule has 1 heterocycles. The van der Waals surface area contributed by atoms with E-state index in [0.717, 1.165) is 11.3 Å². The fourth-order valence-electron chi connectivity index (χ4n) is 2.66. The van der Waals surface area contributed by atoms with Crippen LogP contribution in [0.25, 0.3) is 0 Å². The molecule has 0 bridgehead atoms. The van der Waals surface area contributed by atoms with Gasteiger partial charge in [0, 0.05) is 19.4 Å². The first-order chi connectivity index (χ1) is 11.5. The van der Waals surface area contributed by atoms with Gasteiger partial charge >= 0.3 is 0 Å². The molecule has 24 heavy (non-hydrogen) atoms. The fourth-order valence-corrected chi connectivity index (χ4v) is 2.66. The number of amides is 1. The third kappa shape index (κ3) is 4.43. The highest BCUT2D eigenvalue weighted by Gasteiger charge is 2.27. The number of carbonyl (C=O) groups is 1. The predicted octanol–water partition coefficient (Wildman–Crippen LogP) is 1.76. The van der Waals surface area contributed by atoms with E-state index in [9.17, 15) is 9.90 Å². The summed E-state index contributed by atoms with van der Waals surface area (Å²) < 4.78 is 6.97. The third-order valence-corrected chi connectivity index (χ3v) is 4.06. The molecular weight excluding hydrogens is 306 g/mol. The molecule has 0 saturated heterocycles. The molecular formula is C18H25N3O3. The molecule has 1 amide bonds. The molecule has 0 aliphatic carbocycles. The topological polar surface area (TPSA) is 76.4 Å². The smallest absolute Gasteiger partial charge is 0.255 e. The van der Waals surface area contributed by atoms with E-state index in [1.54, 1.807) is 13.3 Å². The minimum absolute atomic E-state index is 0.0214. The number of aromatic nitrogens is 2. The van der Waals surface area contributed by atoms with Crippen molar-refractivity contribution in [3.05, 3.63) is 53.3 Å². The van der Waals surface area contributed by atoms with Crippen molar-refractivity contribution in [1.29, 1.82) is 0 Å². The maximum Gasteiger partial charge on any atom is 0.255 e. The Kier molecular flexibility index (Phi) is 6.11. The highest BCUT2D eigenvalue weighted by Crippen LogP contribution is 2.14. The van der Waals surface area contributed by atoms with E-state index >= 15 is 0 Å². The summed E-state index contributed by atoms with van der Waals surface area (Å²) in [5, 5.41) is 16.5. The number of ether oxygens (including phenoxy) is 1. The largest absolute Gasteiger partial charge is 0.396 e. The lowest BCUT2D eigenvalue weighted by Crippen LogP contribution is -2.50. The number of carbonyl (C=O) groups excluding carboxylic acids is 1. The van der Waals surface area contributed by atoms with Gasteiger partial charge in [0.15, 0.2) is 0 Å². The van der Waals surface area contributed by atoms with Crippen LogP contribution in [0.3, 0.4) is 0 Å². The summed E-state index contributed by atoms with van der Waals surface area (Å²) in [5.41, 5.74) is 1.85. The molecule has 0 radical (unpaired) electrons. The molecule has 1 aromatic carbocycles. The fraction of sp³-hybridized carbons (Fsp3) is 0.444. The van der Waals surface area contributed by atoms with Crippen LogP contribution in [0.4, 0.5) is 0 Å². The molecule has 6 nitrogen and oxygen atoms in total. The van der Waals surface area contributed by atoms with Crippen molar-refractivity contribution in [2.75, 3.05) is 20.3 Å². The Morgan fingerprint density at radius 3 is 2.71 bits per heavy atom. The Morgan fingerprint density at radius 2 is 2.08 bits per heavy atom. The number of rotatable bonds is 8. The van der Waals surface area contributed by atoms with Crippen LogP contribution in [0.1, 0.15) is 35.0 Å². The number of aliphatic hydroxyl groups is 1. The molecule has 0 saturated carbocycles. The summed E-state index contributed by atoms with van der Waals surface area (Å²) in [7, 11) is 1.57. The van der Waals surface area contributed by atoms with Crippen molar-refractivity contribution >= 4 is 5.91 Å². The number of nitrogens with one attached hydrogen (secondary N) is 1. The van der Waals surface area contributed by atoms with Gasteiger partial charge in [0.25, 0.3) is 5.91 Å². The summed E-state index contributed by atoms with van der Waals surface area (Å²) in [6, 6.07) is 9.98. The second-order valence-electron chi connectivity index (χ2n) is 6.21. The highest BCUT2D eigenvalue weighted by molar-refractivity contribution is 5.95. The van der Waals surface area contributed by atoms with E-state index in [1.807, 2.05) is 48.9 Å². The van der Waals surface area contributed by atoms with Gasteiger partial charge in [-0.15, -0.1) is 0 Å². The van der Waals surface area contributed by atoms with E-state index in [1.165, 1.54) is 0 Å². The lowest BCUT2D eigenvalue weighted by molar-refractivity contribution is 0.0725. The highest BCUT2D eigenvalue weighted by atomic mass is 16.5. The van der Waals surface area contributed by atoms with Crippen molar-refractivity contribution < 1.29 is 14.6 Å². The minimum Gasteiger partial charge on any atom is -0.396 e. The first-order valence-corrected chi connectivity index (χ1v) is 7.98. The summed E-state index contributed by atoms with van der Waals surface area (Å²) >= 11 is 0. The van der Waals surface area contributed by atoms with Gasteiger partial charge in [-0.05, 0) is 25.8 Å². The molecule has 6 heteroatoms. The zero-order valence-corrected chi connectivity index (χ0v) is 14.5. The van der Waals surface area contributed by atoms with Crippen molar-refractivity contribution in [2.24, 2.45) is 0 Å². The molecule has 0 fully saturated rings. The summed E-state index contributed by atoms with van der Waals surface area (Å²) in [5.74, 6) is -0.209. The summed E-state index contributed by atoms with van der Waals surface area (Å²) in [6.07, 6.45) is 2.00. The van der Waals surface area contributed by atoms with Crippen LogP contribution in [0, 0.1) is 6.92 Å². The molecule has 1 aromatic heterocycles. The van der Waals surface area contributed by atoms with Crippen LogP contribution in [0.15, 0.2) is 36.5 Å². The average Bonchev–Trinajstić information content (AvgIpc) is 2.89. The SMILES string of the molecule is COCC(C)(CCO)NC(=O)c1cnn(Cc2ccccc2)c1C. The number of hydrogen-bond donors (Lipinski definition) is 2. The van der Waals surface area contributed by atoms with Crippen LogP contribution >= 0.6 is 0 Å². The zero-order chi connectivity index (χ0) is 17.6. The number of aliphatic hydroxyl groups excluding tert-OH is 1. The van der Waals surface area contributed by atoms with Crippen LogP contribution in [0.5, 0.6) is 0 Å². The van der Waals surface area contributed by atoms with Crippen molar-refractivity contribution in [2.45, 2.75) is 32.4 Å². The van der Waals surface area contributed by atoms with Gasteiger partial charge in [0.05, 0.1) is 30.5 Å². The summed E-state index contributed by atoms with van der Waals surface area (Å²) in [4.78, 5) is 12.6. The lowest BCUT2D eigenvalue weighted by atomic mass is 9.98. The van der Waals surface area contributed by atoms with Gasteiger partial charge in [-0.25, -0.2) is 0 Å². The average molecular weight is 331 g/mol. The molecule has 1 unspecified atom stereocenters. The maximum atomic E-state index is 12.6. The van der Waals surface area contributed by atoms with Crippen LogP contribution in [-0.2, 0) is 11.3 Å². The Labute approximate surface area is 142 Å². The Balaban J connectivity index is 2.13. The molecule has 1 atom stereocenters. The van der Waals surface area contributed by atoms with E-state index < -0.39 is 5.54 Å². The predicted molar refractivity (Wildman–Crippen MR) is 92.0 cm³/mol. The van der Waals surface area contributed by atoms with Gasteiger partial charge in [0.1, 0.15) is 0 Å². The maximum absolute atomic E-state index is 12.6. The second-order valence-corrected chi connectivity index (χ2v) is 6.21. The van der Waals surface area contributed by atoms with E-state index in [2.05, 4.69) is 10.4 Å². The van der Waals surface area contributed by atoms with Gasteiger partial charge in [-0.1, -0.05) is 30.3 Å². The quantitative estimate of drug-likeness (QED) is 0.773. The van der Waals surface area contributed by atoms with Crippen molar-refractivity contribution in [1.82, 2.24) is 15.1 Å². The van der Waals surface area contributed by atoms with Crippen LogP contribution in [-0.4, -0.2) is 46.7 Å². The standard InChI is InChI=1S/C18H25N3O3/c1-14-16(17(23)20-18(2,9-10-22)13-24-3)11-19-21(14)12-15-7-5-4-6-8-15/h4-8,11,22H,9-10,12-13H2,1-3H3,(H,20,23). The molecule has 2 rings (SSSR count). The third-order valence-electron chi connectivity index (χ3n) is 4.06. The van der Waals surface area contributed by atoms with Gasteiger partial charge in [-0.3, -0.25) is 9.48 Å². The minimum atomic E-state index is -0.617. The zero-order valence-electron chi connectivity index (χ0n) is 14.5. The Morgan fingerprint density at radius 1 is 1.38 bits per heavy atom. The van der Waals surface area contributed by atoms with Crippen LogP contribution in [0.2, 0.25) is 0 Å². The molecule has 130 valence electrons. The molecule has 2 aromatic rings. The van der Waals surface area contributed by atoms with Gasteiger partial charge in [-0.2, -0.15) is 5.10 Å². The molecule has 0 aliphatic heterocycles. The number of hydrogen-bond acceptors (Lipinski definition) is 4. The number of benzene rings is 1. The normalized spacial score (nSPS) is 13.5. The monoisotopic (exact) mass is 331 g/mol. The van der Waals surface area contributed by atoms with E-state index in [-0.39, 0.29) is 12.5 Å². The molecule has 2 N–H and O–H groups in total. The Bertz CT molecular complexity index is 661. The van der Waals surface area contributed by atoms with Gasteiger partial charge in [0.2, 0.25) is 0 Å². The first kappa shape index (κ1) is 18.2. The molecule has 0 spiro atoms. The van der Waals surface area contributed by atoms with E-state index in [0.29, 0.717) is 25.1 Å². The second kappa shape index (κ2) is 8.08. The lowest BCUT2D eigenvalue weighted by Gasteiger charge is -2.29.